The predicted octanol–water partition coefficient (Wildman–Crippen LogP) is 3.23. The van der Waals surface area contributed by atoms with E-state index in [1.165, 1.54) is 11.1 Å². The van der Waals surface area contributed by atoms with Crippen LogP contribution in [-0.2, 0) is 11.3 Å². The number of benzene rings is 1. The van der Waals surface area contributed by atoms with Crippen molar-refractivity contribution >= 4 is 23.3 Å². The van der Waals surface area contributed by atoms with Crippen LogP contribution >= 0.6 is 0 Å². The topological polar surface area (TPSA) is 101 Å². The molecule has 1 aromatic carbocycles. The van der Waals surface area contributed by atoms with E-state index in [4.69, 9.17) is 4.74 Å². The molecule has 1 aliphatic heterocycles. The van der Waals surface area contributed by atoms with Gasteiger partial charge in [0.05, 0.1) is 12.4 Å². The lowest BCUT2D eigenvalue weighted by atomic mass is 10.1. The monoisotopic (exact) mass is 432 g/mol. The molecular formula is C23H24N6O3. The highest BCUT2D eigenvalue weighted by Gasteiger charge is 2.22. The molecule has 3 heterocycles. The van der Waals surface area contributed by atoms with Crippen molar-refractivity contribution in [3.05, 3.63) is 66.4 Å². The van der Waals surface area contributed by atoms with Crippen LogP contribution in [0.15, 0.2) is 55.1 Å². The van der Waals surface area contributed by atoms with E-state index in [1.807, 2.05) is 23.1 Å². The fourth-order valence-electron chi connectivity index (χ4n) is 3.39. The molecule has 0 atom stereocenters. The van der Waals surface area contributed by atoms with E-state index in [0.29, 0.717) is 36.0 Å². The van der Waals surface area contributed by atoms with Gasteiger partial charge in [0.2, 0.25) is 5.91 Å². The maximum Gasteiger partial charge on any atom is 0.271 e. The summed E-state index contributed by atoms with van der Waals surface area (Å²) in [6.07, 6.45) is 7.81. The lowest BCUT2D eigenvalue weighted by molar-refractivity contribution is -0.128. The number of carbonyl (C=O) groups excluding carboxylic acids is 2. The molecular weight excluding hydrogens is 408 g/mol. The van der Waals surface area contributed by atoms with E-state index < -0.39 is 0 Å². The third-order valence-corrected chi connectivity index (χ3v) is 5.02. The number of hydrogen-bond donors (Lipinski definition) is 1. The first-order valence-corrected chi connectivity index (χ1v) is 10.3. The molecule has 0 radical (unpaired) electrons. The number of likely N-dealkylation sites (tertiary alicyclic amines) is 1. The van der Waals surface area contributed by atoms with Gasteiger partial charge >= 0.3 is 0 Å². The molecule has 0 saturated carbocycles. The van der Waals surface area contributed by atoms with Crippen LogP contribution in [0.3, 0.4) is 0 Å². The molecule has 32 heavy (non-hydrogen) atoms. The van der Waals surface area contributed by atoms with Gasteiger partial charge in [0, 0.05) is 57.3 Å². The minimum absolute atomic E-state index is 0.136. The fraction of sp³-hybridized carbons (Fsp3) is 0.261. The average molecular weight is 432 g/mol. The average Bonchev–Trinajstić information content (AvgIpc) is 3.20. The number of rotatable bonds is 7. The lowest BCUT2D eigenvalue weighted by Gasteiger charge is -2.19. The molecule has 164 valence electrons. The quantitative estimate of drug-likeness (QED) is 0.612. The Kier molecular flexibility index (Phi) is 6.25. The van der Waals surface area contributed by atoms with Gasteiger partial charge in [0.25, 0.3) is 5.91 Å². The normalized spacial score (nSPS) is 13.2. The van der Waals surface area contributed by atoms with Crippen LogP contribution in [0.4, 0.5) is 11.5 Å². The molecule has 0 bridgehead atoms. The van der Waals surface area contributed by atoms with E-state index in [0.717, 1.165) is 24.2 Å². The zero-order valence-electron chi connectivity index (χ0n) is 18.0. The van der Waals surface area contributed by atoms with E-state index >= 15 is 0 Å². The van der Waals surface area contributed by atoms with Crippen molar-refractivity contribution in [2.75, 3.05) is 26.0 Å². The third kappa shape index (κ3) is 5.00. The molecule has 0 spiro atoms. The van der Waals surface area contributed by atoms with Crippen molar-refractivity contribution in [2.24, 2.45) is 0 Å². The SMILES string of the molecule is CN(C)C(=O)c1ccc(Oc2ccc(Nc3cnccn3)cc2CN2CCCC2=O)cn1. The van der Waals surface area contributed by atoms with Gasteiger partial charge < -0.3 is 19.9 Å². The van der Waals surface area contributed by atoms with Crippen molar-refractivity contribution in [1.82, 2.24) is 24.8 Å². The Hall–Kier alpha value is -4.01. The molecule has 2 amide bonds. The van der Waals surface area contributed by atoms with Crippen molar-refractivity contribution in [2.45, 2.75) is 19.4 Å². The van der Waals surface area contributed by atoms with Crippen molar-refractivity contribution in [3.8, 4) is 11.5 Å². The van der Waals surface area contributed by atoms with E-state index in [9.17, 15) is 9.59 Å². The van der Waals surface area contributed by atoms with Gasteiger partial charge in [-0.1, -0.05) is 0 Å². The first-order valence-electron chi connectivity index (χ1n) is 10.3. The van der Waals surface area contributed by atoms with Gasteiger partial charge in [-0.05, 0) is 36.8 Å². The van der Waals surface area contributed by atoms with Gasteiger partial charge in [0.15, 0.2) is 0 Å². The van der Waals surface area contributed by atoms with Crippen LogP contribution < -0.4 is 10.1 Å². The zero-order chi connectivity index (χ0) is 22.5. The number of aromatic nitrogens is 3. The van der Waals surface area contributed by atoms with Crippen LogP contribution in [0.2, 0.25) is 0 Å². The maximum atomic E-state index is 12.2. The summed E-state index contributed by atoms with van der Waals surface area (Å²) in [5.74, 6) is 1.70. The Labute approximate surface area is 186 Å². The number of carbonyl (C=O) groups is 2. The second-order valence-electron chi connectivity index (χ2n) is 7.64. The van der Waals surface area contributed by atoms with Gasteiger partial charge in [-0.25, -0.2) is 9.97 Å². The molecule has 4 rings (SSSR count). The predicted molar refractivity (Wildman–Crippen MR) is 119 cm³/mol. The number of nitrogens with zero attached hydrogens (tertiary/aromatic N) is 5. The molecule has 3 aromatic rings. The first kappa shape index (κ1) is 21.2. The smallest absolute Gasteiger partial charge is 0.271 e. The molecule has 0 unspecified atom stereocenters. The van der Waals surface area contributed by atoms with Crippen LogP contribution in [0, 0.1) is 0 Å². The fourth-order valence-corrected chi connectivity index (χ4v) is 3.39. The Morgan fingerprint density at radius 3 is 2.69 bits per heavy atom. The summed E-state index contributed by atoms with van der Waals surface area (Å²) in [5, 5.41) is 3.21. The number of nitrogens with one attached hydrogen (secondary N) is 1. The van der Waals surface area contributed by atoms with Crippen LogP contribution in [-0.4, -0.2) is 57.2 Å². The third-order valence-electron chi connectivity index (χ3n) is 5.02. The molecule has 1 aliphatic rings. The van der Waals surface area contributed by atoms with Gasteiger partial charge in [0.1, 0.15) is 23.0 Å². The molecule has 1 saturated heterocycles. The number of pyridine rings is 1. The minimum Gasteiger partial charge on any atom is -0.455 e. The molecule has 2 aromatic heterocycles. The summed E-state index contributed by atoms with van der Waals surface area (Å²) in [6.45, 7) is 1.16. The lowest BCUT2D eigenvalue weighted by Crippen LogP contribution is -2.24. The Bertz CT molecular complexity index is 1100. The molecule has 9 heteroatoms. The Morgan fingerprint density at radius 2 is 2.03 bits per heavy atom. The van der Waals surface area contributed by atoms with Crippen molar-refractivity contribution in [1.29, 1.82) is 0 Å². The van der Waals surface area contributed by atoms with Crippen LogP contribution in [0.1, 0.15) is 28.9 Å². The molecule has 0 aliphatic carbocycles. The zero-order valence-corrected chi connectivity index (χ0v) is 18.0. The largest absolute Gasteiger partial charge is 0.455 e. The molecule has 1 fully saturated rings. The van der Waals surface area contributed by atoms with Crippen LogP contribution in [0.25, 0.3) is 0 Å². The summed E-state index contributed by atoms with van der Waals surface area (Å²) in [5.41, 5.74) is 2.00. The highest BCUT2D eigenvalue weighted by Crippen LogP contribution is 2.30. The summed E-state index contributed by atoms with van der Waals surface area (Å²) in [7, 11) is 3.36. The van der Waals surface area contributed by atoms with E-state index in [2.05, 4.69) is 20.3 Å². The first-order chi connectivity index (χ1) is 15.5. The van der Waals surface area contributed by atoms with Crippen molar-refractivity contribution < 1.29 is 14.3 Å². The summed E-state index contributed by atoms with van der Waals surface area (Å²) in [6, 6.07) is 8.99. The summed E-state index contributed by atoms with van der Waals surface area (Å²) >= 11 is 0. The van der Waals surface area contributed by atoms with Gasteiger partial charge in [-0.3, -0.25) is 14.6 Å². The number of anilines is 2. The standard InChI is InChI=1S/C23H24N6O3/c1-28(2)23(31)19-7-6-18(13-26-19)32-20-8-5-17(27-21-14-24-9-10-25-21)12-16(20)15-29-11-3-4-22(29)30/h5-10,12-14H,3-4,11,15H2,1-2H3,(H,25,27). The summed E-state index contributed by atoms with van der Waals surface area (Å²) in [4.78, 5) is 40.0. The van der Waals surface area contributed by atoms with Gasteiger partial charge in [-0.15, -0.1) is 0 Å². The summed E-state index contributed by atoms with van der Waals surface area (Å²) < 4.78 is 6.07. The maximum absolute atomic E-state index is 12.2. The number of ether oxygens (including phenoxy) is 1. The van der Waals surface area contributed by atoms with E-state index in [-0.39, 0.29) is 11.8 Å². The number of amides is 2. The van der Waals surface area contributed by atoms with Gasteiger partial charge in [-0.2, -0.15) is 0 Å². The minimum atomic E-state index is -0.177. The highest BCUT2D eigenvalue weighted by molar-refractivity contribution is 5.91. The second kappa shape index (κ2) is 9.42. The molecule has 1 N–H and O–H groups in total. The number of hydrogen-bond acceptors (Lipinski definition) is 7. The van der Waals surface area contributed by atoms with Crippen molar-refractivity contribution in [3.63, 3.8) is 0 Å². The second-order valence-corrected chi connectivity index (χ2v) is 7.64. The van der Waals surface area contributed by atoms with E-state index in [1.54, 1.807) is 44.8 Å². The molecule has 9 nitrogen and oxygen atoms in total. The van der Waals surface area contributed by atoms with Crippen LogP contribution in [0.5, 0.6) is 11.5 Å². The highest BCUT2D eigenvalue weighted by atomic mass is 16.5. The Balaban J connectivity index is 1.58. The Morgan fingerprint density at radius 1 is 1.16 bits per heavy atom.